The number of hydrogen-bond acceptors (Lipinski definition) is 5. The van der Waals surface area contributed by atoms with Gasteiger partial charge in [0.2, 0.25) is 0 Å². The lowest BCUT2D eigenvalue weighted by atomic mass is 10.1. The summed E-state index contributed by atoms with van der Waals surface area (Å²) in [7, 11) is 0. The van der Waals surface area contributed by atoms with Gasteiger partial charge >= 0.3 is 0 Å². The maximum Gasteiger partial charge on any atom is 0.266 e. The molecule has 20 heavy (non-hydrogen) atoms. The molecule has 1 amide bonds. The van der Waals surface area contributed by atoms with Crippen molar-refractivity contribution in [2.45, 2.75) is 6.92 Å². The van der Waals surface area contributed by atoms with Crippen molar-refractivity contribution >= 4 is 52.4 Å². The molecule has 0 spiro atoms. The van der Waals surface area contributed by atoms with Crippen LogP contribution in [0.25, 0.3) is 6.08 Å². The van der Waals surface area contributed by atoms with Crippen LogP contribution in [0.2, 0.25) is 0 Å². The summed E-state index contributed by atoms with van der Waals surface area (Å²) < 4.78 is 0.390. The number of benzene rings is 1. The third-order valence-corrected chi connectivity index (χ3v) is 4.00. The van der Waals surface area contributed by atoms with E-state index in [1.54, 1.807) is 30.3 Å². The van der Waals surface area contributed by atoms with Gasteiger partial charge in [0.1, 0.15) is 16.4 Å². The van der Waals surface area contributed by atoms with Gasteiger partial charge in [-0.25, -0.2) is 0 Å². The number of ketones is 1. The highest BCUT2D eigenvalue weighted by molar-refractivity contribution is 8.26. The van der Waals surface area contributed by atoms with Crippen molar-refractivity contribution in [3.05, 3.63) is 40.3 Å². The fourth-order valence-corrected chi connectivity index (χ4v) is 2.94. The number of carbonyl (C=O) groups excluding carboxylic acids is 3. The highest BCUT2D eigenvalue weighted by Crippen LogP contribution is 2.32. The zero-order chi connectivity index (χ0) is 14.7. The van der Waals surface area contributed by atoms with Crippen molar-refractivity contribution in [1.29, 1.82) is 0 Å². The Bertz CT molecular complexity index is 620. The molecule has 1 aliphatic rings. The first-order valence-corrected chi connectivity index (χ1v) is 7.04. The first kappa shape index (κ1) is 14.6. The molecule has 1 saturated heterocycles. The third-order valence-electron chi connectivity index (χ3n) is 2.62. The first-order chi connectivity index (χ1) is 9.51. The monoisotopic (exact) mass is 305 g/mol. The maximum absolute atomic E-state index is 12.1. The van der Waals surface area contributed by atoms with Crippen molar-refractivity contribution in [2.24, 2.45) is 0 Å². The van der Waals surface area contributed by atoms with Crippen LogP contribution in [0.3, 0.4) is 0 Å². The van der Waals surface area contributed by atoms with Crippen LogP contribution in [0.5, 0.6) is 0 Å². The molecule has 0 aromatic heterocycles. The van der Waals surface area contributed by atoms with Crippen LogP contribution >= 0.6 is 24.0 Å². The van der Waals surface area contributed by atoms with E-state index in [9.17, 15) is 14.4 Å². The van der Waals surface area contributed by atoms with E-state index < -0.39 is 0 Å². The van der Waals surface area contributed by atoms with Gasteiger partial charge in [-0.05, 0) is 18.6 Å². The smallest absolute Gasteiger partial charge is 0.266 e. The van der Waals surface area contributed by atoms with Gasteiger partial charge < -0.3 is 0 Å². The topological polar surface area (TPSA) is 54.5 Å². The maximum atomic E-state index is 12.1. The van der Waals surface area contributed by atoms with Gasteiger partial charge in [0, 0.05) is 5.56 Å². The number of rotatable bonds is 4. The SMILES string of the molecule is CC(=O)CN1C(=O)/C(=C/c2ccc(C=O)cc2)SC1=S. The van der Waals surface area contributed by atoms with Crippen molar-refractivity contribution in [3.63, 3.8) is 0 Å². The highest BCUT2D eigenvalue weighted by atomic mass is 32.2. The minimum absolute atomic E-state index is 0.00604. The number of hydrogen-bond donors (Lipinski definition) is 0. The molecule has 1 heterocycles. The van der Waals surface area contributed by atoms with Crippen LogP contribution in [0.1, 0.15) is 22.8 Å². The Balaban J connectivity index is 2.22. The molecule has 1 aliphatic heterocycles. The zero-order valence-corrected chi connectivity index (χ0v) is 12.3. The van der Waals surface area contributed by atoms with Crippen molar-refractivity contribution in [2.75, 3.05) is 6.54 Å². The Morgan fingerprint density at radius 1 is 1.30 bits per heavy atom. The van der Waals surface area contributed by atoms with E-state index in [1.807, 2.05) is 0 Å². The lowest BCUT2D eigenvalue weighted by Gasteiger charge is -2.11. The minimum atomic E-state index is -0.255. The first-order valence-electron chi connectivity index (χ1n) is 5.81. The van der Waals surface area contributed by atoms with Crippen LogP contribution in [0, 0.1) is 0 Å². The van der Waals surface area contributed by atoms with E-state index in [-0.39, 0.29) is 18.2 Å². The highest BCUT2D eigenvalue weighted by Gasteiger charge is 2.32. The molecule has 1 aromatic carbocycles. The van der Waals surface area contributed by atoms with Crippen molar-refractivity contribution in [1.82, 2.24) is 4.90 Å². The zero-order valence-electron chi connectivity index (χ0n) is 10.7. The van der Waals surface area contributed by atoms with Crippen LogP contribution in [0.15, 0.2) is 29.2 Å². The van der Waals surface area contributed by atoms with Crippen LogP contribution in [-0.2, 0) is 9.59 Å². The fourth-order valence-electron chi connectivity index (χ4n) is 1.68. The van der Waals surface area contributed by atoms with Gasteiger partial charge in [0.25, 0.3) is 5.91 Å². The number of nitrogens with zero attached hydrogens (tertiary/aromatic N) is 1. The second kappa shape index (κ2) is 6.11. The molecular weight excluding hydrogens is 294 g/mol. The summed E-state index contributed by atoms with van der Waals surface area (Å²) in [6, 6.07) is 6.85. The number of Topliss-reactive ketones (excluding diaryl/α,β-unsaturated/α-hetero) is 1. The molecule has 1 aromatic rings. The van der Waals surface area contributed by atoms with Gasteiger partial charge in [0.15, 0.2) is 0 Å². The second-order valence-electron chi connectivity index (χ2n) is 4.25. The van der Waals surface area contributed by atoms with E-state index in [4.69, 9.17) is 12.2 Å². The molecule has 0 atom stereocenters. The average molecular weight is 305 g/mol. The summed E-state index contributed by atoms with van der Waals surface area (Å²) in [4.78, 5) is 35.6. The Kier molecular flexibility index (Phi) is 4.46. The Morgan fingerprint density at radius 3 is 2.45 bits per heavy atom. The molecule has 0 saturated carbocycles. The molecular formula is C14H11NO3S2. The molecule has 6 heteroatoms. The minimum Gasteiger partial charge on any atom is -0.298 e. The molecule has 0 aliphatic carbocycles. The van der Waals surface area contributed by atoms with Crippen LogP contribution < -0.4 is 0 Å². The van der Waals surface area contributed by atoms with Gasteiger partial charge in [-0.2, -0.15) is 0 Å². The summed E-state index contributed by atoms with van der Waals surface area (Å²) >= 11 is 6.27. The van der Waals surface area contributed by atoms with Crippen LogP contribution in [0.4, 0.5) is 0 Å². The molecule has 102 valence electrons. The summed E-state index contributed by atoms with van der Waals surface area (Å²) in [6.07, 6.45) is 2.46. The van der Waals surface area contributed by atoms with E-state index in [2.05, 4.69) is 0 Å². The van der Waals surface area contributed by atoms with E-state index in [0.29, 0.717) is 14.8 Å². The van der Waals surface area contributed by atoms with Gasteiger partial charge in [-0.1, -0.05) is 48.2 Å². The predicted octanol–water partition coefficient (Wildman–Crippen LogP) is 2.29. The molecule has 0 bridgehead atoms. The Hall–Kier alpha value is -1.79. The molecule has 2 rings (SSSR count). The second-order valence-corrected chi connectivity index (χ2v) is 5.93. The van der Waals surface area contributed by atoms with Gasteiger partial charge in [-0.15, -0.1) is 0 Å². The number of carbonyl (C=O) groups is 3. The Morgan fingerprint density at radius 2 is 1.90 bits per heavy atom. The average Bonchev–Trinajstić information content (AvgIpc) is 2.67. The molecule has 0 radical (unpaired) electrons. The number of thioether (sulfide) groups is 1. The third kappa shape index (κ3) is 3.20. The Labute approximate surface area is 125 Å². The standard InChI is InChI=1S/C14H11NO3S2/c1-9(17)7-15-13(18)12(20-14(15)19)6-10-2-4-11(8-16)5-3-10/h2-6,8H,7H2,1H3/b12-6-. The van der Waals surface area contributed by atoms with Gasteiger partial charge in [-0.3, -0.25) is 19.3 Å². The van der Waals surface area contributed by atoms with Gasteiger partial charge in [0.05, 0.1) is 11.4 Å². The van der Waals surface area contributed by atoms with Crippen molar-refractivity contribution in [3.8, 4) is 0 Å². The van der Waals surface area contributed by atoms with Crippen LogP contribution in [-0.4, -0.2) is 33.7 Å². The summed E-state index contributed by atoms with van der Waals surface area (Å²) in [5.41, 5.74) is 1.38. The molecule has 1 fully saturated rings. The molecule has 0 unspecified atom stereocenters. The number of amides is 1. The summed E-state index contributed by atoms with van der Waals surface area (Å²) in [5, 5.41) is 0. The normalized spacial score (nSPS) is 16.9. The number of thiocarbonyl (C=S) groups is 1. The van der Waals surface area contributed by atoms with Crippen molar-refractivity contribution < 1.29 is 14.4 Å². The lowest BCUT2D eigenvalue weighted by Crippen LogP contribution is -2.32. The van der Waals surface area contributed by atoms with E-state index in [1.165, 1.54) is 23.6 Å². The summed E-state index contributed by atoms with van der Waals surface area (Å²) in [6.45, 7) is 1.42. The quantitative estimate of drug-likeness (QED) is 0.485. The number of aldehydes is 1. The van der Waals surface area contributed by atoms with E-state index in [0.717, 1.165) is 11.8 Å². The summed E-state index contributed by atoms with van der Waals surface area (Å²) in [5.74, 6) is -0.368. The van der Waals surface area contributed by atoms with E-state index >= 15 is 0 Å². The lowest BCUT2D eigenvalue weighted by molar-refractivity contribution is -0.126. The predicted molar refractivity (Wildman–Crippen MR) is 82.4 cm³/mol. The molecule has 0 N–H and O–H groups in total. The molecule has 4 nitrogen and oxygen atoms in total. The largest absolute Gasteiger partial charge is 0.298 e. The fraction of sp³-hybridized carbons (Fsp3) is 0.143.